The number of Topliss-reactive ketones (excluding diaryl/α,β-unsaturated/α-hetero) is 1. The molecule has 0 spiro atoms. The number of alkyl halides is 3. The predicted molar refractivity (Wildman–Crippen MR) is 122 cm³/mol. The summed E-state index contributed by atoms with van der Waals surface area (Å²) < 4.78 is 75.2. The van der Waals surface area contributed by atoms with Gasteiger partial charge in [-0.1, -0.05) is 12.1 Å². The van der Waals surface area contributed by atoms with Crippen molar-refractivity contribution in [3.05, 3.63) is 70.5 Å². The molecule has 0 amide bonds. The van der Waals surface area contributed by atoms with Crippen LogP contribution in [0.2, 0.25) is 0 Å². The van der Waals surface area contributed by atoms with E-state index >= 15 is 0 Å². The van der Waals surface area contributed by atoms with Crippen molar-refractivity contribution in [1.82, 2.24) is 10.2 Å². The zero-order valence-corrected chi connectivity index (χ0v) is 20.4. The Bertz CT molecular complexity index is 1330. The molecule has 7 nitrogen and oxygen atoms in total. The smallest absolute Gasteiger partial charge is 0.416 e. The van der Waals surface area contributed by atoms with E-state index in [1.54, 1.807) is 24.4 Å². The molecule has 0 saturated carbocycles. The van der Waals surface area contributed by atoms with E-state index < -0.39 is 33.1 Å². The fraction of sp³-hybridized carbons (Fsp3) is 0.333. The standard InChI is InChI=1S/C24H25F3N2O5S/c1-14(30)9-19(20-12-28-29-15(20)2)16-6-8-22(23(10-16)33-3)34-13-17-5-7-18(35(4,31)32)11-21(17)24(25,26)27/h5-8,10-12,19H,9,13H2,1-4H3,(H,28,29). The number of hydrogen-bond acceptors (Lipinski definition) is 6. The first-order valence-electron chi connectivity index (χ1n) is 10.5. The predicted octanol–water partition coefficient (Wildman–Crippen LogP) is 4.84. The summed E-state index contributed by atoms with van der Waals surface area (Å²) in [5.74, 6) is 0.155. The van der Waals surface area contributed by atoms with Crippen LogP contribution in [-0.2, 0) is 27.4 Å². The number of sulfone groups is 1. The number of H-pyrrole nitrogens is 1. The number of nitrogens with one attached hydrogen (secondary N) is 1. The third-order valence-corrected chi connectivity index (χ3v) is 6.64. The van der Waals surface area contributed by atoms with E-state index in [0.717, 1.165) is 35.2 Å². The van der Waals surface area contributed by atoms with Gasteiger partial charge in [-0.05, 0) is 43.7 Å². The molecule has 188 valence electrons. The molecule has 2 aromatic carbocycles. The number of ketones is 1. The second-order valence-corrected chi connectivity index (χ2v) is 10.2. The van der Waals surface area contributed by atoms with Crippen LogP contribution >= 0.6 is 0 Å². The molecule has 0 aliphatic heterocycles. The lowest BCUT2D eigenvalue weighted by atomic mass is 9.87. The van der Waals surface area contributed by atoms with Crippen molar-refractivity contribution in [2.75, 3.05) is 13.4 Å². The Hall–Kier alpha value is -3.34. The molecule has 3 rings (SSSR count). The highest BCUT2D eigenvalue weighted by Gasteiger charge is 2.34. The average Bonchev–Trinajstić information content (AvgIpc) is 3.20. The highest BCUT2D eigenvalue weighted by molar-refractivity contribution is 7.90. The maximum absolute atomic E-state index is 13.6. The van der Waals surface area contributed by atoms with Crippen LogP contribution in [0.4, 0.5) is 13.2 Å². The molecule has 1 N–H and O–H groups in total. The van der Waals surface area contributed by atoms with Gasteiger partial charge in [0.05, 0.1) is 23.3 Å². The molecule has 1 aromatic heterocycles. The number of rotatable bonds is 9. The number of carbonyl (C=O) groups is 1. The van der Waals surface area contributed by atoms with Gasteiger partial charge in [0.2, 0.25) is 0 Å². The number of aromatic amines is 1. The Morgan fingerprint density at radius 3 is 2.40 bits per heavy atom. The fourth-order valence-corrected chi connectivity index (χ4v) is 4.41. The lowest BCUT2D eigenvalue weighted by Gasteiger charge is -2.19. The van der Waals surface area contributed by atoms with Crippen LogP contribution in [0.15, 0.2) is 47.5 Å². The molecule has 0 fully saturated rings. The monoisotopic (exact) mass is 510 g/mol. The first-order valence-corrected chi connectivity index (χ1v) is 12.4. The number of carbonyl (C=O) groups excluding carboxylic acids is 1. The summed E-state index contributed by atoms with van der Waals surface area (Å²) in [5.41, 5.74) is 1.03. The van der Waals surface area contributed by atoms with Crippen LogP contribution in [-0.4, -0.2) is 37.8 Å². The lowest BCUT2D eigenvalue weighted by Crippen LogP contribution is -2.13. The van der Waals surface area contributed by atoms with E-state index in [9.17, 15) is 26.4 Å². The van der Waals surface area contributed by atoms with Crippen molar-refractivity contribution in [1.29, 1.82) is 0 Å². The molecule has 0 aliphatic rings. The number of hydrogen-bond donors (Lipinski definition) is 1. The minimum absolute atomic E-state index is 0.0212. The number of nitrogens with zero attached hydrogens (tertiary/aromatic N) is 1. The van der Waals surface area contributed by atoms with Crippen molar-refractivity contribution in [3.63, 3.8) is 0 Å². The van der Waals surface area contributed by atoms with Gasteiger partial charge < -0.3 is 9.47 Å². The van der Waals surface area contributed by atoms with Crippen LogP contribution < -0.4 is 9.47 Å². The van der Waals surface area contributed by atoms with Crippen LogP contribution in [0.1, 0.15) is 47.2 Å². The Balaban J connectivity index is 1.92. The van der Waals surface area contributed by atoms with E-state index in [-0.39, 0.29) is 35.2 Å². The summed E-state index contributed by atoms with van der Waals surface area (Å²) in [4.78, 5) is 11.5. The van der Waals surface area contributed by atoms with E-state index in [0.29, 0.717) is 6.07 Å². The SMILES string of the molecule is COc1cc(C(CC(C)=O)c2c[nH]nc2C)ccc1OCc1ccc(S(C)(=O)=O)cc1C(F)(F)F. The van der Waals surface area contributed by atoms with Gasteiger partial charge in [0.25, 0.3) is 0 Å². The molecule has 0 radical (unpaired) electrons. The van der Waals surface area contributed by atoms with Crippen molar-refractivity contribution in [2.24, 2.45) is 0 Å². The van der Waals surface area contributed by atoms with Crippen LogP contribution in [0.5, 0.6) is 11.5 Å². The fourth-order valence-electron chi connectivity index (χ4n) is 3.77. The quantitative estimate of drug-likeness (QED) is 0.442. The molecule has 0 aliphatic carbocycles. The van der Waals surface area contributed by atoms with Crippen molar-refractivity contribution >= 4 is 15.6 Å². The highest BCUT2D eigenvalue weighted by Crippen LogP contribution is 2.38. The van der Waals surface area contributed by atoms with E-state index in [2.05, 4.69) is 10.2 Å². The molecule has 0 bridgehead atoms. The van der Waals surface area contributed by atoms with Crippen molar-refractivity contribution < 1.29 is 35.9 Å². The van der Waals surface area contributed by atoms with Crippen LogP contribution in [0.25, 0.3) is 0 Å². The van der Waals surface area contributed by atoms with Crippen molar-refractivity contribution in [2.45, 2.75) is 43.9 Å². The van der Waals surface area contributed by atoms with Gasteiger partial charge in [0.1, 0.15) is 12.4 Å². The Morgan fingerprint density at radius 1 is 1.14 bits per heavy atom. The summed E-state index contributed by atoms with van der Waals surface area (Å²) in [6.07, 6.45) is -1.98. The van der Waals surface area contributed by atoms with Crippen LogP contribution in [0, 0.1) is 6.92 Å². The zero-order valence-electron chi connectivity index (χ0n) is 19.6. The maximum Gasteiger partial charge on any atom is 0.416 e. The minimum atomic E-state index is -4.77. The number of methoxy groups -OCH3 is 1. The summed E-state index contributed by atoms with van der Waals surface area (Å²) >= 11 is 0. The van der Waals surface area contributed by atoms with E-state index in [4.69, 9.17) is 9.47 Å². The summed E-state index contributed by atoms with van der Waals surface area (Å²) in [6.45, 7) is 2.84. The van der Waals surface area contributed by atoms with E-state index in [1.165, 1.54) is 14.0 Å². The van der Waals surface area contributed by atoms with E-state index in [1.807, 2.05) is 6.92 Å². The molecule has 0 saturated heterocycles. The number of aryl methyl sites for hydroxylation is 1. The molecular formula is C24H25F3N2O5S. The summed E-state index contributed by atoms with van der Waals surface area (Å²) in [6, 6.07) is 7.76. The van der Waals surface area contributed by atoms with Crippen molar-refractivity contribution in [3.8, 4) is 11.5 Å². The largest absolute Gasteiger partial charge is 0.493 e. The summed E-state index contributed by atoms with van der Waals surface area (Å²) in [5, 5.41) is 6.90. The van der Waals surface area contributed by atoms with Gasteiger partial charge in [0.15, 0.2) is 21.3 Å². The topological polar surface area (TPSA) is 98.3 Å². The molecular weight excluding hydrogens is 485 g/mol. The first kappa shape index (κ1) is 26.3. The average molecular weight is 511 g/mol. The summed E-state index contributed by atoms with van der Waals surface area (Å²) in [7, 11) is -2.42. The number of halogens is 3. The van der Waals surface area contributed by atoms with Gasteiger partial charge >= 0.3 is 6.18 Å². The highest BCUT2D eigenvalue weighted by atomic mass is 32.2. The first-order chi connectivity index (χ1) is 16.3. The molecule has 3 aromatic rings. The van der Waals surface area contributed by atoms with Gasteiger partial charge in [-0.2, -0.15) is 18.3 Å². The number of benzene rings is 2. The normalized spacial score (nSPS) is 12.9. The van der Waals surface area contributed by atoms with Gasteiger partial charge in [-0.15, -0.1) is 0 Å². The molecule has 11 heteroatoms. The third kappa shape index (κ3) is 6.21. The lowest BCUT2D eigenvalue weighted by molar-refractivity contribution is -0.138. The molecule has 35 heavy (non-hydrogen) atoms. The van der Waals surface area contributed by atoms with Gasteiger partial charge in [-0.25, -0.2) is 8.42 Å². The third-order valence-electron chi connectivity index (χ3n) is 5.53. The van der Waals surface area contributed by atoms with Gasteiger partial charge in [-0.3, -0.25) is 9.89 Å². The van der Waals surface area contributed by atoms with Gasteiger partial charge in [0, 0.05) is 35.9 Å². The molecule has 1 heterocycles. The zero-order chi connectivity index (χ0) is 26.0. The molecule has 1 unspecified atom stereocenters. The number of aromatic nitrogens is 2. The van der Waals surface area contributed by atoms with Crippen LogP contribution in [0.3, 0.4) is 0 Å². The minimum Gasteiger partial charge on any atom is -0.493 e. The maximum atomic E-state index is 13.6. The Morgan fingerprint density at radius 2 is 1.86 bits per heavy atom. The Labute approximate surface area is 201 Å². The second kappa shape index (κ2) is 10.1. The number of ether oxygens (including phenoxy) is 2. The molecule has 1 atom stereocenters. The second-order valence-electron chi connectivity index (χ2n) is 8.17. The Kier molecular flexibility index (Phi) is 7.59.